The average molecular weight is 314 g/mol. The number of aromatic nitrogens is 1. The van der Waals surface area contributed by atoms with Crippen LogP contribution in [0.1, 0.15) is 36.8 Å². The number of rotatable bonds is 5. The molecule has 1 aromatic carbocycles. The Hall–Kier alpha value is -1.94. The third-order valence-electron chi connectivity index (χ3n) is 3.38. The Bertz CT molecular complexity index is 622. The minimum atomic E-state index is -0.0697. The molecule has 0 unspecified atom stereocenters. The van der Waals surface area contributed by atoms with Crippen LogP contribution in [0.5, 0.6) is 0 Å². The van der Waals surface area contributed by atoms with Crippen LogP contribution in [0.15, 0.2) is 42.0 Å². The summed E-state index contributed by atoms with van der Waals surface area (Å²) in [7, 11) is 0. The second-order valence-corrected chi connectivity index (χ2v) is 7.14. The van der Waals surface area contributed by atoms with Crippen LogP contribution in [-0.2, 0) is 16.6 Å². The first-order valence-corrected chi connectivity index (χ1v) is 8.27. The molecule has 1 amide bonds. The number of benzene rings is 1. The van der Waals surface area contributed by atoms with E-state index in [0.717, 1.165) is 11.3 Å². The highest BCUT2D eigenvalue weighted by Gasteiger charge is 2.12. The number of nitrogens with one attached hydrogen (secondary N) is 1. The number of nitrogens with zero attached hydrogens (tertiary/aromatic N) is 1. The Labute approximate surface area is 136 Å². The van der Waals surface area contributed by atoms with Crippen LogP contribution in [0, 0.1) is 0 Å². The summed E-state index contributed by atoms with van der Waals surface area (Å²) in [5.74, 6) is -0.0697. The van der Waals surface area contributed by atoms with Crippen LogP contribution in [0.4, 0.5) is 0 Å². The summed E-state index contributed by atoms with van der Waals surface area (Å²) in [6.45, 7) is 7.26. The van der Waals surface area contributed by atoms with Gasteiger partial charge in [-0.1, -0.05) is 45.0 Å². The topological polar surface area (TPSA) is 42.0 Å². The van der Waals surface area contributed by atoms with Gasteiger partial charge in [-0.3, -0.25) is 9.78 Å². The van der Waals surface area contributed by atoms with E-state index in [2.05, 4.69) is 55.3 Å². The molecule has 0 fully saturated rings. The summed E-state index contributed by atoms with van der Waals surface area (Å²) < 4.78 is 0. The molecule has 0 saturated carbocycles. The first kappa shape index (κ1) is 16.4. The van der Waals surface area contributed by atoms with E-state index >= 15 is 0 Å². The van der Waals surface area contributed by atoms with Crippen LogP contribution in [-0.4, -0.2) is 17.4 Å². The van der Waals surface area contributed by atoms with Crippen molar-refractivity contribution in [2.45, 2.75) is 32.6 Å². The van der Waals surface area contributed by atoms with Gasteiger partial charge in [0.25, 0.3) is 0 Å². The molecule has 0 radical (unpaired) electrons. The van der Waals surface area contributed by atoms with E-state index in [4.69, 9.17) is 0 Å². The van der Waals surface area contributed by atoms with Gasteiger partial charge in [-0.25, -0.2) is 0 Å². The summed E-state index contributed by atoms with van der Waals surface area (Å²) in [4.78, 5) is 16.6. The van der Waals surface area contributed by atoms with E-state index in [1.54, 1.807) is 23.9 Å². The molecule has 0 bridgehead atoms. The van der Waals surface area contributed by atoms with Crippen molar-refractivity contribution in [3.63, 3.8) is 0 Å². The molecule has 0 aliphatic heterocycles. The molecule has 22 heavy (non-hydrogen) atoms. The maximum absolute atomic E-state index is 11.7. The van der Waals surface area contributed by atoms with E-state index in [1.807, 2.05) is 0 Å². The fourth-order valence-electron chi connectivity index (χ4n) is 2.03. The molecule has 2 rings (SSSR count). The van der Waals surface area contributed by atoms with E-state index in [0.29, 0.717) is 6.54 Å². The lowest BCUT2D eigenvalue weighted by Gasteiger charge is -2.19. The fourth-order valence-corrected chi connectivity index (χ4v) is 2.54. The third-order valence-corrected chi connectivity index (χ3v) is 4.12. The standard InChI is InChI=1S/C18H22N2OS/c1-18(2,3)15-6-4-14(5-7-15)10-11-20-17(21)9-8-16-12-19-13-22-16/h4-9,12-13H,10-11H2,1-3H3,(H,20,21)/b9-8+. The zero-order valence-electron chi connectivity index (χ0n) is 13.3. The van der Waals surface area contributed by atoms with E-state index < -0.39 is 0 Å². The van der Waals surface area contributed by atoms with E-state index in [9.17, 15) is 4.79 Å². The maximum Gasteiger partial charge on any atom is 0.244 e. The van der Waals surface area contributed by atoms with Crippen LogP contribution in [0.3, 0.4) is 0 Å². The molecule has 0 spiro atoms. The number of hydrogen-bond acceptors (Lipinski definition) is 3. The van der Waals surface area contributed by atoms with Crippen molar-refractivity contribution in [2.75, 3.05) is 6.54 Å². The van der Waals surface area contributed by atoms with Gasteiger partial charge in [0.15, 0.2) is 0 Å². The van der Waals surface area contributed by atoms with Crippen LogP contribution < -0.4 is 5.32 Å². The summed E-state index contributed by atoms with van der Waals surface area (Å²) in [5.41, 5.74) is 4.49. The van der Waals surface area contributed by atoms with Crippen LogP contribution in [0.2, 0.25) is 0 Å². The Morgan fingerprint density at radius 2 is 2.00 bits per heavy atom. The fraction of sp³-hybridized carbons (Fsp3) is 0.333. The summed E-state index contributed by atoms with van der Waals surface area (Å²) >= 11 is 1.51. The molecular formula is C18H22N2OS. The molecule has 3 nitrogen and oxygen atoms in total. The zero-order valence-corrected chi connectivity index (χ0v) is 14.1. The second kappa shape index (κ2) is 7.36. The first-order valence-electron chi connectivity index (χ1n) is 7.39. The predicted octanol–water partition coefficient (Wildman–Crippen LogP) is 3.81. The first-order chi connectivity index (χ1) is 10.4. The Kier molecular flexibility index (Phi) is 5.50. The predicted molar refractivity (Wildman–Crippen MR) is 93.0 cm³/mol. The molecule has 2 aromatic rings. The van der Waals surface area contributed by atoms with Gasteiger partial charge in [0, 0.05) is 23.7 Å². The van der Waals surface area contributed by atoms with Crippen molar-refractivity contribution in [3.8, 4) is 0 Å². The summed E-state index contributed by atoms with van der Waals surface area (Å²) in [6, 6.07) is 8.61. The van der Waals surface area contributed by atoms with Crippen LogP contribution >= 0.6 is 11.3 Å². The van der Waals surface area contributed by atoms with Crippen molar-refractivity contribution in [1.82, 2.24) is 10.3 Å². The SMILES string of the molecule is CC(C)(C)c1ccc(CCNC(=O)/C=C/c2cncs2)cc1. The highest BCUT2D eigenvalue weighted by molar-refractivity contribution is 7.10. The van der Waals surface area contributed by atoms with Gasteiger partial charge in [-0.05, 0) is 29.0 Å². The molecule has 1 heterocycles. The molecule has 0 aliphatic carbocycles. The molecule has 0 aliphatic rings. The lowest BCUT2D eigenvalue weighted by atomic mass is 9.86. The molecule has 0 saturated heterocycles. The average Bonchev–Trinajstić information content (AvgIpc) is 2.98. The molecule has 1 aromatic heterocycles. The van der Waals surface area contributed by atoms with Crippen molar-refractivity contribution >= 4 is 23.3 Å². The third kappa shape index (κ3) is 5.11. The highest BCUT2D eigenvalue weighted by Crippen LogP contribution is 2.22. The number of thiazole rings is 1. The zero-order chi connectivity index (χ0) is 16.0. The number of carbonyl (C=O) groups is 1. The molecular weight excluding hydrogens is 292 g/mol. The van der Waals surface area contributed by atoms with Crippen molar-refractivity contribution in [1.29, 1.82) is 0 Å². The lowest BCUT2D eigenvalue weighted by molar-refractivity contribution is -0.116. The highest BCUT2D eigenvalue weighted by atomic mass is 32.1. The van der Waals surface area contributed by atoms with Crippen molar-refractivity contribution in [2.24, 2.45) is 0 Å². The van der Waals surface area contributed by atoms with Crippen LogP contribution in [0.25, 0.3) is 6.08 Å². The quantitative estimate of drug-likeness (QED) is 0.853. The van der Waals surface area contributed by atoms with Crippen molar-refractivity contribution < 1.29 is 4.79 Å². The number of amides is 1. The number of hydrogen-bond donors (Lipinski definition) is 1. The minimum Gasteiger partial charge on any atom is -0.352 e. The molecule has 116 valence electrons. The molecule has 4 heteroatoms. The second-order valence-electron chi connectivity index (χ2n) is 6.23. The van der Waals surface area contributed by atoms with Gasteiger partial charge in [-0.15, -0.1) is 11.3 Å². The van der Waals surface area contributed by atoms with Gasteiger partial charge in [0.1, 0.15) is 0 Å². The van der Waals surface area contributed by atoms with Crippen molar-refractivity contribution in [3.05, 3.63) is 58.1 Å². The van der Waals surface area contributed by atoms with Gasteiger partial charge in [0.2, 0.25) is 5.91 Å². The maximum atomic E-state index is 11.7. The summed E-state index contributed by atoms with van der Waals surface area (Å²) in [6.07, 6.45) is 5.91. The Morgan fingerprint density at radius 1 is 1.27 bits per heavy atom. The Balaban J connectivity index is 1.77. The lowest BCUT2D eigenvalue weighted by Crippen LogP contribution is -2.23. The van der Waals surface area contributed by atoms with Gasteiger partial charge in [0.05, 0.1) is 5.51 Å². The smallest absolute Gasteiger partial charge is 0.244 e. The molecule has 0 atom stereocenters. The van der Waals surface area contributed by atoms with E-state index in [-0.39, 0.29) is 11.3 Å². The summed E-state index contributed by atoms with van der Waals surface area (Å²) in [5, 5.41) is 2.90. The Morgan fingerprint density at radius 3 is 2.59 bits per heavy atom. The molecule has 1 N–H and O–H groups in total. The monoisotopic (exact) mass is 314 g/mol. The van der Waals surface area contributed by atoms with Gasteiger partial charge in [-0.2, -0.15) is 0 Å². The van der Waals surface area contributed by atoms with E-state index in [1.165, 1.54) is 22.5 Å². The van der Waals surface area contributed by atoms with Gasteiger partial charge >= 0.3 is 0 Å². The van der Waals surface area contributed by atoms with Gasteiger partial charge < -0.3 is 5.32 Å². The largest absolute Gasteiger partial charge is 0.352 e. The normalized spacial score (nSPS) is 11.8. The minimum absolute atomic E-state index is 0.0697. The number of carbonyl (C=O) groups excluding carboxylic acids is 1.